The van der Waals surface area contributed by atoms with Gasteiger partial charge in [-0.05, 0) is 54.2 Å². The summed E-state index contributed by atoms with van der Waals surface area (Å²) in [5.74, 6) is 1.77. The number of alkyl halides is 3. The fourth-order valence-electron chi connectivity index (χ4n) is 3.13. The van der Waals surface area contributed by atoms with Crippen molar-refractivity contribution in [1.29, 1.82) is 0 Å². The van der Waals surface area contributed by atoms with E-state index in [1.807, 2.05) is 12.1 Å². The van der Waals surface area contributed by atoms with Gasteiger partial charge in [-0.3, -0.25) is 0 Å². The van der Waals surface area contributed by atoms with Gasteiger partial charge in [-0.25, -0.2) is 0 Å². The summed E-state index contributed by atoms with van der Waals surface area (Å²) in [6.45, 7) is -0.773. The van der Waals surface area contributed by atoms with Gasteiger partial charge in [-0.15, -0.1) is 0 Å². The molecule has 0 spiro atoms. The Morgan fingerprint density at radius 2 is 1.71 bits per heavy atom. The highest BCUT2D eigenvalue weighted by molar-refractivity contribution is 5.43. The summed E-state index contributed by atoms with van der Waals surface area (Å²) in [6.07, 6.45) is -2.03. The molecular formula is C21H24F3NO3. The van der Waals surface area contributed by atoms with Gasteiger partial charge in [0.1, 0.15) is 5.75 Å². The summed E-state index contributed by atoms with van der Waals surface area (Å²) >= 11 is 0. The van der Waals surface area contributed by atoms with Crippen LogP contribution in [0.25, 0.3) is 0 Å². The van der Waals surface area contributed by atoms with Crippen molar-refractivity contribution in [2.75, 3.05) is 20.8 Å². The molecule has 3 rings (SSSR count). The predicted molar refractivity (Wildman–Crippen MR) is 99.8 cm³/mol. The Morgan fingerprint density at radius 3 is 2.29 bits per heavy atom. The minimum atomic E-state index is -4.39. The molecule has 0 amide bonds. The third kappa shape index (κ3) is 5.55. The molecule has 0 heterocycles. The average molecular weight is 395 g/mol. The van der Waals surface area contributed by atoms with E-state index < -0.39 is 12.8 Å². The maximum atomic E-state index is 12.4. The Bertz CT molecular complexity index is 773. The molecule has 1 atom stereocenters. The number of ether oxygens (including phenoxy) is 3. The number of halogens is 3. The lowest BCUT2D eigenvalue weighted by atomic mass is 10.0. The van der Waals surface area contributed by atoms with Gasteiger partial charge in [0.25, 0.3) is 0 Å². The molecule has 2 aromatic carbocycles. The molecule has 0 aliphatic heterocycles. The molecule has 1 N–H and O–H groups in total. The standard InChI is InChI=1S/C21H24F3NO3/c1-26-17-8-6-16(7-9-17)20(15-4-5-15)25-12-14-3-10-18(19(11-14)27-2)28-13-21(22,23)24/h3,6-11,15,20,25H,4-5,12-13H2,1-2H3. The van der Waals surface area contributed by atoms with Crippen LogP contribution in [0.5, 0.6) is 17.2 Å². The van der Waals surface area contributed by atoms with Gasteiger partial charge in [0.2, 0.25) is 0 Å². The van der Waals surface area contributed by atoms with E-state index >= 15 is 0 Å². The molecular weight excluding hydrogens is 371 g/mol. The smallest absolute Gasteiger partial charge is 0.422 e. The zero-order valence-corrected chi connectivity index (χ0v) is 15.9. The van der Waals surface area contributed by atoms with Crippen LogP contribution in [-0.4, -0.2) is 27.0 Å². The van der Waals surface area contributed by atoms with Gasteiger partial charge in [-0.2, -0.15) is 13.2 Å². The summed E-state index contributed by atoms with van der Waals surface area (Å²) in [5, 5.41) is 3.56. The van der Waals surface area contributed by atoms with Gasteiger partial charge in [0.15, 0.2) is 18.1 Å². The molecule has 28 heavy (non-hydrogen) atoms. The van der Waals surface area contributed by atoms with Crippen LogP contribution in [0.3, 0.4) is 0 Å². The van der Waals surface area contributed by atoms with Crippen molar-refractivity contribution in [2.24, 2.45) is 5.92 Å². The lowest BCUT2D eigenvalue weighted by Gasteiger charge is -2.20. The molecule has 0 bridgehead atoms. The molecule has 1 fully saturated rings. The molecule has 0 radical (unpaired) electrons. The fourth-order valence-corrected chi connectivity index (χ4v) is 3.13. The van der Waals surface area contributed by atoms with Crippen molar-refractivity contribution in [3.05, 3.63) is 53.6 Å². The van der Waals surface area contributed by atoms with E-state index in [2.05, 4.69) is 17.4 Å². The highest BCUT2D eigenvalue weighted by Crippen LogP contribution is 2.41. The first-order valence-electron chi connectivity index (χ1n) is 9.13. The molecule has 4 nitrogen and oxygen atoms in total. The van der Waals surface area contributed by atoms with Crippen LogP contribution in [0.1, 0.15) is 30.0 Å². The second kappa shape index (κ2) is 8.73. The van der Waals surface area contributed by atoms with Crippen LogP contribution >= 0.6 is 0 Å². The minimum absolute atomic E-state index is 0.0810. The van der Waals surface area contributed by atoms with Crippen molar-refractivity contribution in [3.63, 3.8) is 0 Å². The van der Waals surface area contributed by atoms with Crippen LogP contribution in [0.15, 0.2) is 42.5 Å². The third-order valence-electron chi connectivity index (χ3n) is 4.71. The normalized spacial score (nSPS) is 15.2. The summed E-state index contributed by atoms with van der Waals surface area (Å²) in [4.78, 5) is 0. The van der Waals surface area contributed by atoms with Crippen molar-refractivity contribution < 1.29 is 27.4 Å². The molecule has 7 heteroatoms. The Morgan fingerprint density at radius 1 is 1.00 bits per heavy atom. The zero-order chi connectivity index (χ0) is 20.1. The molecule has 1 aliphatic carbocycles. The lowest BCUT2D eigenvalue weighted by molar-refractivity contribution is -0.153. The second-order valence-electron chi connectivity index (χ2n) is 6.86. The van der Waals surface area contributed by atoms with Crippen LogP contribution < -0.4 is 19.5 Å². The fraction of sp³-hybridized carbons (Fsp3) is 0.429. The van der Waals surface area contributed by atoms with Crippen molar-refractivity contribution in [2.45, 2.75) is 31.6 Å². The highest BCUT2D eigenvalue weighted by atomic mass is 19.4. The first-order valence-corrected chi connectivity index (χ1v) is 9.13. The van der Waals surface area contributed by atoms with Crippen LogP contribution in [-0.2, 0) is 6.54 Å². The average Bonchev–Trinajstić information content (AvgIpc) is 3.52. The summed E-state index contributed by atoms with van der Waals surface area (Å²) < 4.78 is 52.4. The topological polar surface area (TPSA) is 39.7 Å². The first-order chi connectivity index (χ1) is 13.4. The van der Waals surface area contributed by atoms with Gasteiger partial charge in [0.05, 0.1) is 14.2 Å². The highest BCUT2D eigenvalue weighted by Gasteiger charge is 2.32. The number of nitrogens with one attached hydrogen (secondary N) is 1. The summed E-state index contributed by atoms with van der Waals surface area (Å²) in [6, 6.07) is 13.2. The SMILES string of the molecule is COc1ccc(C(NCc2ccc(OCC(F)(F)F)c(OC)c2)C2CC2)cc1. The molecule has 1 unspecified atom stereocenters. The van der Waals surface area contributed by atoms with Crippen molar-refractivity contribution in [1.82, 2.24) is 5.32 Å². The summed E-state index contributed by atoms with van der Waals surface area (Å²) in [7, 11) is 3.05. The second-order valence-corrected chi connectivity index (χ2v) is 6.86. The maximum Gasteiger partial charge on any atom is 0.422 e. The summed E-state index contributed by atoms with van der Waals surface area (Å²) in [5.41, 5.74) is 2.11. The van der Waals surface area contributed by atoms with E-state index in [-0.39, 0.29) is 17.5 Å². The quantitative estimate of drug-likeness (QED) is 0.657. The van der Waals surface area contributed by atoms with Crippen molar-refractivity contribution >= 4 is 0 Å². The molecule has 1 aliphatic rings. The van der Waals surface area contributed by atoms with E-state index in [4.69, 9.17) is 14.2 Å². The molecule has 152 valence electrons. The largest absolute Gasteiger partial charge is 0.497 e. The van der Waals surface area contributed by atoms with Gasteiger partial charge in [-0.1, -0.05) is 18.2 Å². The van der Waals surface area contributed by atoms with Crippen molar-refractivity contribution in [3.8, 4) is 17.2 Å². The van der Waals surface area contributed by atoms with Gasteiger partial charge in [0, 0.05) is 12.6 Å². The zero-order valence-electron chi connectivity index (χ0n) is 15.9. The Labute approximate surface area is 162 Å². The van der Waals surface area contributed by atoms with E-state index in [9.17, 15) is 13.2 Å². The van der Waals surface area contributed by atoms with Gasteiger partial charge >= 0.3 is 6.18 Å². The van der Waals surface area contributed by atoms with E-state index in [0.717, 1.165) is 11.3 Å². The predicted octanol–water partition coefficient (Wildman–Crippen LogP) is 4.89. The number of benzene rings is 2. The molecule has 1 saturated carbocycles. The number of methoxy groups -OCH3 is 2. The monoisotopic (exact) mass is 395 g/mol. The number of hydrogen-bond donors (Lipinski definition) is 1. The van der Waals surface area contributed by atoms with E-state index in [1.165, 1.54) is 31.6 Å². The number of hydrogen-bond acceptors (Lipinski definition) is 4. The molecule has 2 aromatic rings. The maximum absolute atomic E-state index is 12.4. The van der Waals surface area contributed by atoms with E-state index in [1.54, 1.807) is 19.2 Å². The Balaban J connectivity index is 1.66. The van der Waals surface area contributed by atoms with Crippen LogP contribution in [0, 0.1) is 5.92 Å². The van der Waals surface area contributed by atoms with E-state index in [0.29, 0.717) is 12.5 Å². The Hall–Kier alpha value is -2.41. The number of rotatable bonds is 9. The third-order valence-corrected chi connectivity index (χ3v) is 4.71. The first kappa shape index (κ1) is 20.3. The van der Waals surface area contributed by atoms with Crippen LogP contribution in [0.2, 0.25) is 0 Å². The van der Waals surface area contributed by atoms with Gasteiger partial charge < -0.3 is 19.5 Å². The Kier molecular flexibility index (Phi) is 6.34. The van der Waals surface area contributed by atoms with Crippen LogP contribution in [0.4, 0.5) is 13.2 Å². The lowest BCUT2D eigenvalue weighted by Crippen LogP contribution is -2.22. The molecule has 0 saturated heterocycles. The molecule has 0 aromatic heterocycles. The minimum Gasteiger partial charge on any atom is -0.497 e.